The molecule has 5 aliphatic heterocycles. The molecule has 100 heavy (non-hydrogen) atoms. The Morgan fingerprint density at radius 1 is 0.380 bits per heavy atom. The van der Waals surface area contributed by atoms with Crippen molar-refractivity contribution in [1.82, 2.24) is 0 Å². The normalized spacial score (nSPS) is 49.0. The van der Waals surface area contributed by atoms with E-state index >= 15 is 0 Å². The number of allylic oxidation sites excluding steroid dienone is 3. The van der Waals surface area contributed by atoms with Gasteiger partial charge < -0.3 is 159 Å². The zero-order valence-electron chi connectivity index (χ0n) is 54.7. The zero-order valence-corrected chi connectivity index (χ0v) is 54.7. The molecule has 10 rings (SSSR count). The van der Waals surface area contributed by atoms with E-state index in [2.05, 4.69) is 0 Å². The number of fused-ring (bicyclic) bond motifs is 1. The summed E-state index contributed by atoms with van der Waals surface area (Å²) in [5.74, 6) is -5.30. The molecule has 5 aliphatic carbocycles. The number of ether oxygens (including phenoxy) is 12. The van der Waals surface area contributed by atoms with Crippen LogP contribution in [0.1, 0.15) is 89.9 Å². The minimum atomic E-state index is -2.04. The molecule has 38 atom stereocenters. The smallest absolute Gasteiger partial charge is 0.330 e. The summed E-state index contributed by atoms with van der Waals surface area (Å²) >= 11 is 0. The van der Waals surface area contributed by atoms with Gasteiger partial charge in [0.25, 0.3) is 0 Å². The van der Waals surface area contributed by atoms with Crippen LogP contribution in [0, 0.1) is 29.6 Å². The van der Waals surface area contributed by atoms with E-state index in [0.29, 0.717) is 32.1 Å². The molecule has 0 spiro atoms. The summed E-state index contributed by atoms with van der Waals surface area (Å²) in [4.78, 5) is 38.7. The Labute approximate surface area is 574 Å². The molecule has 10 aliphatic rings. The Kier molecular flexibility index (Phi) is 27.9. The van der Waals surface area contributed by atoms with E-state index in [4.69, 9.17) is 56.8 Å². The fraction of sp³-hybridized carbons (Fsp3) is 0.862. The van der Waals surface area contributed by atoms with Gasteiger partial charge in [-0.3, -0.25) is 0 Å². The minimum absolute atomic E-state index is 0.0482. The highest BCUT2D eigenvalue weighted by molar-refractivity contribution is 5.82. The van der Waals surface area contributed by atoms with Crippen molar-refractivity contribution >= 4 is 17.9 Å². The van der Waals surface area contributed by atoms with Gasteiger partial charge in [-0.05, 0) is 94.8 Å². The summed E-state index contributed by atoms with van der Waals surface area (Å²) in [7, 11) is 0. The average molecular weight is 1440 g/mol. The van der Waals surface area contributed by atoms with Crippen molar-refractivity contribution < 1.29 is 173 Å². The van der Waals surface area contributed by atoms with Gasteiger partial charge in [0, 0.05) is 37.0 Å². The number of aliphatic hydroxyl groups excluding tert-OH is 20. The number of esters is 3. The van der Waals surface area contributed by atoms with E-state index in [0.717, 1.165) is 18.2 Å². The molecule has 5 heterocycles. The standard InChI is InChI=1S/C65H100O35/c66-21-42-53(82)61(100-48(77)12-6-27-3-9-33(69)37(73)15-27)65(96-42)91-24-45-52(81)56(85)59(88)64(99-45)95-41-20-30-34(70)18-29(92-62-57(86)54(83)50(79)43(97-62)22-89-46(75)10-4-25-1-7-31(67)35(71)13-25)19-39(30)93-60(41)28-16-38(74)49(78)40(17-28)94-63-58(87)55(84)51(80)44(98-63)23-90-47(76)11-5-26-2-8-32(68)36(72)14-26/h4-6,10-12,25-45,49-74,78-88H,1-3,7-9,13-24H2/p+1/t25?,26?,27?,28?,29?,30?,31?,32?,33?,34?,35?,36?,37?,38?,39?,40?,41?,42-,43+,44+,45+,49?,50+,51+,52+,53-,54-,55-,56-,57+,58+,59+,60?,61+,62+,63+,64+,65+/m0/s1. The molecule has 5 saturated carbocycles. The first-order valence-electron chi connectivity index (χ1n) is 34.6. The summed E-state index contributed by atoms with van der Waals surface area (Å²) < 4.78 is 69.7. The lowest BCUT2D eigenvalue weighted by molar-refractivity contribution is -0.367. The Hall–Kier alpha value is -3.53. The van der Waals surface area contributed by atoms with Crippen molar-refractivity contribution in [2.45, 2.75) is 292 Å². The lowest BCUT2D eigenvalue weighted by atomic mass is 9.72. The van der Waals surface area contributed by atoms with Gasteiger partial charge in [-0.25, -0.2) is 14.4 Å². The average Bonchev–Trinajstić information content (AvgIpc) is 1.01. The molecule has 10 fully saturated rings. The van der Waals surface area contributed by atoms with E-state index in [1.54, 1.807) is 0 Å². The number of carbonyl (C=O) groups excluding carboxylic acids is 3. The Morgan fingerprint density at radius 2 is 0.820 bits per heavy atom. The van der Waals surface area contributed by atoms with Crippen LogP contribution >= 0.6 is 0 Å². The third kappa shape index (κ3) is 19.2. The molecule has 0 aromatic rings. The fourth-order valence-electron chi connectivity index (χ4n) is 15.4. The van der Waals surface area contributed by atoms with Gasteiger partial charge in [0.05, 0.1) is 80.2 Å². The van der Waals surface area contributed by atoms with Crippen LogP contribution in [0.2, 0.25) is 0 Å². The predicted molar refractivity (Wildman–Crippen MR) is 328 cm³/mol. The molecule has 0 radical (unpaired) electrons. The Bertz CT molecular complexity index is 2710. The first-order valence-corrected chi connectivity index (χ1v) is 34.6. The maximum Gasteiger partial charge on any atom is 0.330 e. The van der Waals surface area contributed by atoms with Crippen molar-refractivity contribution in [3.63, 3.8) is 0 Å². The van der Waals surface area contributed by atoms with Crippen LogP contribution in [-0.4, -0.2) is 353 Å². The van der Waals surface area contributed by atoms with E-state index in [-0.39, 0.29) is 75.5 Å². The minimum Gasteiger partial charge on any atom is -0.460 e. The van der Waals surface area contributed by atoms with Crippen LogP contribution < -0.4 is 0 Å². The fourth-order valence-corrected chi connectivity index (χ4v) is 15.4. The van der Waals surface area contributed by atoms with E-state index in [1.165, 1.54) is 18.2 Å². The summed E-state index contributed by atoms with van der Waals surface area (Å²) in [6.45, 7) is -2.80. The third-order valence-corrected chi connectivity index (χ3v) is 21.4. The van der Waals surface area contributed by atoms with Crippen molar-refractivity contribution in [1.29, 1.82) is 0 Å². The molecule has 0 amide bonds. The van der Waals surface area contributed by atoms with Crippen LogP contribution in [0.4, 0.5) is 0 Å². The van der Waals surface area contributed by atoms with Gasteiger partial charge in [-0.15, -0.1) is 0 Å². The van der Waals surface area contributed by atoms with Crippen LogP contribution in [-0.2, 0) is 66.5 Å². The van der Waals surface area contributed by atoms with Crippen LogP contribution in [0.3, 0.4) is 0 Å². The summed E-state index contributed by atoms with van der Waals surface area (Å²) in [5.41, 5.74) is 0. The highest BCUT2D eigenvalue weighted by atomic mass is 16.8. The maximum atomic E-state index is 13.1. The number of rotatable bonds is 22. The van der Waals surface area contributed by atoms with Gasteiger partial charge in [-0.2, -0.15) is 0 Å². The molecule has 0 bridgehead atoms. The second-order valence-corrected chi connectivity index (χ2v) is 28.5. The summed E-state index contributed by atoms with van der Waals surface area (Å²) in [6, 6.07) is 0. The molecular formula is C65H101O35+. The molecular weight excluding hydrogens is 1340 g/mol. The van der Waals surface area contributed by atoms with Crippen LogP contribution in [0.25, 0.3) is 0 Å². The van der Waals surface area contributed by atoms with Crippen molar-refractivity contribution in [2.75, 3.05) is 26.4 Å². The number of hydrogen-bond acceptors (Lipinski definition) is 34. The number of aliphatic hydroxyl groups is 22. The van der Waals surface area contributed by atoms with Crippen LogP contribution in [0.5, 0.6) is 0 Å². The first-order chi connectivity index (χ1) is 47.5. The van der Waals surface area contributed by atoms with E-state index < -0.39 is 258 Å². The van der Waals surface area contributed by atoms with Crippen molar-refractivity contribution in [3.8, 4) is 0 Å². The second kappa shape index (κ2) is 35.3. The lowest BCUT2D eigenvalue weighted by Crippen LogP contribution is -2.64. The number of hydrogen-bond donors (Lipinski definition) is 20. The second-order valence-electron chi connectivity index (χ2n) is 28.5. The Morgan fingerprint density at radius 3 is 1.29 bits per heavy atom. The molecule has 0 aromatic carbocycles. The molecule has 21 N–H and O–H groups in total. The molecule has 35 nitrogen and oxygen atoms in total. The highest BCUT2D eigenvalue weighted by Gasteiger charge is 2.59. The molecule has 5 saturated heterocycles. The maximum absolute atomic E-state index is 13.1. The molecule has 0 aromatic heterocycles. The van der Waals surface area contributed by atoms with Gasteiger partial charge in [0.2, 0.25) is 0 Å². The lowest BCUT2D eigenvalue weighted by Gasteiger charge is -2.50. The predicted octanol–water partition coefficient (Wildman–Crippen LogP) is -8.54. The van der Waals surface area contributed by atoms with Gasteiger partial charge in [0.1, 0.15) is 111 Å². The first kappa shape index (κ1) is 79.0. The highest BCUT2D eigenvalue weighted by Crippen LogP contribution is 2.45. The van der Waals surface area contributed by atoms with Crippen LogP contribution in [0.15, 0.2) is 36.5 Å². The quantitative estimate of drug-likeness (QED) is 0.0207. The van der Waals surface area contributed by atoms with E-state index in [9.17, 15) is 117 Å². The molecule has 19 unspecified atom stereocenters. The largest absolute Gasteiger partial charge is 0.460 e. The Balaban J connectivity index is 0.837. The van der Waals surface area contributed by atoms with Gasteiger partial charge in [-0.1, -0.05) is 18.2 Å². The molecule has 570 valence electrons. The monoisotopic (exact) mass is 1440 g/mol. The zero-order chi connectivity index (χ0) is 72.1. The summed E-state index contributed by atoms with van der Waals surface area (Å²) in [6.07, 6.45) is -40.2. The van der Waals surface area contributed by atoms with Crippen molar-refractivity contribution in [2.24, 2.45) is 29.6 Å². The van der Waals surface area contributed by atoms with Crippen molar-refractivity contribution in [3.05, 3.63) is 36.5 Å². The molecule has 35 heteroatoms. The topological polar surface area (TPSA) is 570 Å². The summed E-state index contributed by atoms with van der Waals surface area (Å²) in [5, 5.41) is 217. The SMILES string of the molecule is O=C(C=CC1CCC(O)C(O)C1)OC[C@H]1O[C@@H](OC2CC(O)C3CC(O[C@@H]4O[C@H](CO[C@@H]5O[C@@H](CO)[C@H](O)[C@H]5OC(=O)C=CC5CCC(O)C(O)C5)[C@@H](O)[C@H](O)[C@H]4O)C(C4CC(O)C(O)C(O[C@@H]5O[C@H](COC(=O)C=CC6CCC(O)C(O)C6)[C@@H](O)[C@H](O)[C@H]5O)C4)[OH+]C3C2)[C@H](O)[C@@H](O)[C@@H]1O. The number of carbonyl (C=O) groups is 3. The van der Waals surface area contributed by atoms with E-state index in [1.807, 2.05) is 0 Å². The third-order valence-electron chi connectivity index (χ3n) is 21.4. The van der Waals surface area contributed by atoms with Gasteiger partial charge >= 0.3 is 17.9 Å². The van der Waals surface area contributed by atoms with Gasteiger partial charge in [0.15, 0.2) is 43.5 Å².